The van der Waals surface area contributed by atoms with Crippen molar-refractivity contribution >= 4 is 7.60 Å². The van der Waals surface area contributed by atoms with Gasteiger partial charge in [0.1, 0.15) is 18.0 Å². The SMILES string of the molecule is [N-]=[N+]=N[C@@H]1[C@@H](O)[C@@H](O)[P@@](=O)(Oc2ccccc2)O[C@@H]1COCc1ccccc1. The standard InChI is InChI=1S/C18H20N3O6P/c19-21-20-16-15(12-25-11-13-7-3-1-4-8-13)27-28(24,18(23)17(16)22)26-14-9-5-2-6-10-14/h1-10,15-18,22-23H,11-12H2/t15-,16+,17-,18+,28-/m1/s1. The molecule has 0 aromatic heterocycles. The Morgan fingerprint density at radius 2 is 1.75 bits per heavy atom. The topological polar surface area (TPSA) is 134 Å². The molecule has 9 nitrogen and oxygen atoms in total. The van der Waals surface area contributed by atoms with E-state index in [1.807, 2.05) is 30.3 Å². The maximum absolute atomic E-state index is 13.1. The summed E-state index contributed by atoms with van der Waals surface area (Å²) in [5, 5.41) is 24.1. The van der Waals surface area contributed by atoms with Gasteiger partial charge in [0.15, 0.2) is 5.85 Å². The zero-order valence-corrected chi connectivity index (χ0v) is 15.7. The van der Waals surface area contributed by atoms with Crippen LogP contribution in [0.4, 0.5) is 0 Å². The van der Waals surface area contributed by atoms with Gasteiger partial charge in [-0.2, -0.15) is 0 Å². The normalized spacial score (nSPS) is 29.6. The molecule has 0 radical (unpaired) electrons. The Balaban J connectivity index is 1.75. The van der Waals surface area contributed by atoms with E-state index in [-0.39, 0.29) is 19.0 Å². The predicted octanol–water partition coefficient (Wildman–Crippen LogP) is 3.23. The van der Waals surface area contributed by atoms with Gasteiger partial charge < -0.3 is 19.5 Å². The van der Waals surface area contributed by atoms with Gasteiger partial charge in [0.05, 0.1) is 19.3 Å². The minimum atomic E-state index is -4.17. The van der Waals surface area contributed by atoms with Gasteiger partial charge in [-0.1, -0.05) is 53.6 Å². The molecule has 0 unspecified atom stereocenters. The van der Waals surface area contributed by atoms with Crippen molar-refractivity contribution < 1.29 is 28.6 Å². The van der Waals surface area contributed by atoms with Crippen LogP contribution in [0.2, 0.25) is 0 Å². The van der Waals surface area contributed by atoms with Gasteiger partial charge in [0.25, 0.3) is 0 Å². The Bertz CT molecular complexity index is 862. The van der Waals surface area contributed by atoms with Crippen LogP contribution < -0.4 is 4.52 Å². The summed E-state index contributed by atoms with van der Waals surface area (Å²) in [6.07, 6.45) is -2.70. The number of aliphatic hydroxyl groups is 2. The number of rotatable bonds is 7. The highest BCUT2D eigenvalue weighted by Gasteiger charge is 2.53. The van der Waals surface area contributed by atoms with Gasteiger partial charge in [-0.25, -0.2) is 4.57 Å². The average molecular weight is 405 g/mol. The quantitative estimate of drug-likeness (QED) is 0.314. The summed E-state index contributed by atoms with van der Waals surface area (Å²) in [6.45, 7) is 0.122. The predicted molar refractivity (Wildman–Crippen MR) is 101 cm³/mol. The van der Waals surface area contributed by atoms with Crippen LogP contribution in [0, 0.1) is 0 Å². The highest BCUT2D eigenvalue weighted by molar-refractivity contribution is 7.55. The number of benzene rings is 2. The molecule has 0 amide bonds. The molecular formula is C18H20N3O6P. The molecular weight excluding hydrogens is 385 g/mol. The van der Waals surface area contributed by atoms with E-state index in [0.29, 0.717) is 0 Å². The Labute approximate surface area is 161 Å². The molecule has 0 spiro atoms. The fourth-order valence-corrected chi connectivity index (χ4v) is 4.60. The molecule has 0 aliphatic carbocycles. The molecule has 2 N–H and O–H groups in total. The van der Waals surface area contributed by atoms with Crippen LogP contribution in [0.25, 0.3) is 10.4 Å². The first-order valence-corrected chi connectivity index (χ1v) is 10.2. The summed E-state index contributed by atoms with van der Waals surface area (Å²) in [5.41, 5.74) is 9.68. The van der Waals surface area contributed by atoms with Crippen molar-refractivity contribution in [1.29, 1.82) is 0 Å². The molecule has 0 bridgehead atoms. The van der Waals surface area contributed by atoms with Crippen LogP contribution in [-0.2, 0) is 20.4 Å². The lowest BCUT2D eigenvalue weighted by molar-refractivity contribution is -0.0610. The number of hydrogen-bond acceptors (Lipinski definition) is 7. The lowest BCUT2D eigenvalue weighted by Crippen LogP contribution is -2.51. The van der Waals surface area contributed by atoms with E-state index in [4.69, 9.17) is 19.3 Å². The molecule has 1 aliphatic rings. The van der Waals surface area contributed by atoms with E-state index in [1.165, 1.54) is 0 Å². The minimum Gasteiger partial charge on any atom is -0.423 e. The Morgan fingerprint density at radius 3 is 2.39 bits per heavy atom. The molecule has 1 fully saturated rings. The number of aliphatic hydroxyl groups excluding tert-OH is 2. The smallest absolute Gasteiger partial charge is 0.410 e. The maximum atomic E-state index is 13.1. The lowest BCUT2D eigenvalue weighted by atomic mass is 10.1. The van der Waals surface area contributed by atoms with Crippen molar-refractivity contribution in [1.82, 2.24) is 0 Å². The van der Waals surface area contributed by atoms with E-state index >= 15 is 0 Å². The molecule has 148 valence electrons. The molecule has 1 aliphatic heterocycles. The van der Waals surface area contributed by atoms with Gasteiger partial charge in [-0.3, -0.25) is 4.52 Å². The van der Waals surface area contributed by atoms with Crippen molar-refractivity contribution in [2.24, 2.45) is 5.11 Å². The number of ether oxygens (including phenoxy) is 1. The largest absolute Gasteiger partial charge is 0.423 e. The van der Waals surface area contributed by atoms with E-state index in [1.54, 1.807) is 30.3 Å². The second kappa shape index (κ2) is 9.21. The zero-order chi connectivity index (χ0) is 20.0. The monoisotopic (exact) mass is 405 g/mol. The van der Waals surface area contributed by atoms with Crippen LogP contribution in [0.15, 0.2) is 65.8 Å². The summed E-state index contributed by atoms with van der Waals surface area (Å²) in [6, 6.07) is 16.3. The van der Waals surface area contributed by atoms with E-state index in [9.17, 15) is 14.8 Å². The highest BCUT2D eigenvalue weighted by atomic mass is 31.2. The van der Waals surface area contributed by atoms with Crippen LogP contribution in [0.1, 0.15) is 5.56 Å². The van der Waals surface area contributed by atoms with Crippen molar-refractivity contribution in [2.75, 3.05) is 6.61 Å². The minimum absolute atomic E-state index is 0.121. The fourth-order valence-electron chi connectivity index (χ4n) is 2.80. The molecule has 28 heavy (non-hydrogen) atoms. The first-order chi connectivity index (χ1) is 13.5. The van der Waals surface area contributed by atoms with Crippen molar-refractivity contribution in [2.45, 2.75) is 30.7 Å². The van der Waals surface area contributed by atoms with Crippen LogP contribution in [0.3, 0.4) is 0 Å². The van der Waals surface area contributed by atoms with Gasteiger partial charge in [0, 0.05) is 4.91 Å². The van der Waals surface area contributed by atoms with Gasteiger partial charge in [0.2, 0.25) is 0 Å². The van der Waals surface area contributed by atoms with E-state index in [2.05, 4.69) is 10.0 Å². The number of nitrogens with zero attached hydrogens (tertiary/aromatic N) is 3. The molecule has 3 rings (SSSR count). The molecule has 0 saturated carbocycles. The number of para-hydroxylation sites is 1. The molecule has 1 heterocycles. The van der Waals surface area contributed by atoms with Gasteiger partial charge >= 0.3 is 7.60 Å². The molecule has 10 heteroatoms. The van der Waals surface area contributed by atoms with Gasteiger partial charge in [-0.15, -0.1) is 0 Å². The van der Waals surface area contributed by atoms with Crippen molar-refractivity contribution in [3.8, 4) is 5.75 Å². The fraction of sp³-hybridized carbons (Fsp3) is 0.333. The van der Waals surface area contributed by atoms with E-state index < -0.39 is 31.7 Å². The summed E-state index contributed by atoms with van der Waals surface area (Å²) < 4.78 is 29.6. The maximum Gasteiger partial charge on any atom is 0.410 e. The summed E-state index contributed by atoms with van der Waals surface area (Å²) in [4.78, 5) is 2.68. The Morgan fingerprint density at radius 1 is 1.11 bits per heavy atom. The molecule has 5 atom stereocenters. The average Bonchev–Trinajstić information content (AvgIpc) is 2.71. The number of hydrogen-bond donors (Lipinski definition) is 2. The van der Waals surface area contributed by atoms with Crippen LogP contribution >= 0.6 is 7.60 Å². The molecule has 2 aromatic rings. The highest BCUT2D eigenvalue weighted by Crippen LogP contribution is 2.57. The van der Waals surface area contributed by atoms with Gasteiger partial charge in [-0.05, 0) is 23.2 Å². The Hall–Kier alpha value is -2.38. The first-order valence-electron chi connectivity index (χ1n) is 8.58. The number of azide groups is 1. The second-order valence-corrected chi connectivity index (χ2v) is 8.19. The van der Waals surface area contributed by atoms with Crippen molar-refractivity contribution in [3.63, 3.8) is 0 Å². The third-order valence-electron chi connectivity index (χ3n) is 4.20. The molecule has 2 aromatic carbocycles. The third kappa shape index (κ3) is 4.72. The van der Waals surface area contributed by atoms with Crippen LogP contribution in [0.5, 0.6) is 5.75 Å². The molecule has 1 saturated heterocycles. The zero-order valence-electron chi connectivity index (χ0n) is 14.8. The van der Waals surface area contributed by atoms with Crippen LogP contribution in [-0.4, -0.2) is 40.9 Å². The first kappa shape index (κ1) is 20.4. The third-order valence-corrected chi connectivity index (χ3v) is 6.18. The second-order valence-electron chi connectivity index (χ2n) is 6.19. The summed E-state index contributed by atoms with van der Waals surface area (Å²) >= 11 is 0. The van der Waals surface area contributed by atoms with Crippen molar-refractivity contribution in [3.05, 3.63) is 76.7 Å². The lowest BCUT2D eigenvalue weighted by Gasteiger charge is -2.39. The summed E-state index contributed by atoms with van der Waals surface area (Å²) in [5.74, 6) is -1.66. The Kier molecular flexibility index (Phi) is 6.70. The van der Waals surface area contributed by atoms with E-state index in [0.717, 1.165) is 5.56 Å². The summed E-state index contributed by atoms with van der Waals surface area (Å²) in [7, 11) is -4.17.